The first kappa shape index (κ1) is 16.0. The molecular weight excluding hydrogens is 262 g/mol. The molecule has 1 aromatic heterocycles. The minimum atomic E-state index is -0.687. The Morgan fingerprint density at radius 2 is 1.95 bits per heavy atom. The van der Waals surface area contributed by atoms with Crippen molar-refractivity contribution in [2.24, 2.45) is 13.0 Å². The van der Waals surface area contributed by atoms with E-state index in [9.17, 15) is 5.11 Å². The SMILES string of the molecule is CC(C)CC(C)(O)CNC(C)c1nc2ccccc2n1C. The highest BCUT2D eigenvalue weighted by Crippen LogP contribution is 2.21. The van der Waals surface area contributed by atoms with Gasteiger partial charge in [-0.05, 0) is 38.3 Å². The van der Waals surface area contributed by atoms with Crippen LogP contribution in [0.3, 0.4) is 0 Å². The molecule has 0 spiro atoms. The van der Waals surface area contributed by atoms with Crippen LogP contribution < -0.4 is 5.32 Å². The Morgan fingerprint density at radius 3 is 2.57 bits per heavy atom. The van der Waals surface area contributed by atoms with Crippen LogP contribution in [0.25, 0.3) is 11.0 Å². The van der Waals surface area contributed by atoms with Crippen LogP contribution in [0.2, 0.25) is 0 Å². The van der Waals surface area contributed by atoms with Crippen LogP contribution in [0.4, 0.5) is 0 Å². The van der Waals surface area contributed by atoms with E-state index in [2.05, 4.69) is 36.7 Å². The molecule has 2 aromatic rings. The zero-order valence-corrected chi connectivity index (χ0v) is 13.7. The summed E-state index contributed by atoms with van der Waals surface area (Å²) in [4.78, 5) is 4.69. The molecule has 2 rings (SSSR count). The Balaban J connectivity index is 2.09. The summed E-state index contributed by atoms with van der Waals surface area (Å²) in [6.45, 7) is 8.80. The van der Waals surface area contributed by atoms with Gasteiger partial charge >= 0.3 is 0 Å². The first-order chi connectivity index (χ1) is 9.80. The van der Waals surface area contributed by atoms with Crippen LogP contribution in [0.15, 0.2) is 24.3 Å². The number of para-hydroxylation sites is 2. The number of rotatable bonds is 6. The van der Waals surface area contributed by atoms with E-state index in [4.69, 9.17) is 4.98 Å². The normalized spacial score (nSPS) is 16.3. The molecule has 0 aliphatic rings. The molecule has 0 aliphatic heterocycles. The Labute approximate surface area is 127 Å². The molecule has 21 heavy (non-hydrogen) atoms. The molecule has 1 heterocycles. The molecule has 2 unspecified atom stereocenters. The van der Waals surface area contributed by atoms with E-state index in [0.717, 1.165) is 23.3 Å². The van der Waals surface area contributed by atoms with E-state index in [0.29, 0.717) is 12.5 Å². The van der Waals surface area contributed by atoms with Gasteiger partial charge in [-0.1, -0.05) is 26.0 Å². The average molecular weight is 289 g/mol. The summed E-state index contributed by atoms with van der Waals surface area (Å²) in [5.41, 5.74) is 1.46. The maximum absolute atomic E-state index is 10.4. The van der Waals surface area contributed by atoms with Crippen LogP contribution in [-0.4, -0.2) is 26.8 Å². The van der Waals surface area contributed by atoms with Gasteiger partial charge in [-0.3, -0.25) is 0 Å². The van der Waals surface area contributed by atoms with Gasteiger partial charge in [0.15, 0.2) is 0 Å². The first-order valence-corrected chi connectivity index (χ1v) is 7.67. The number of nitrogens with zero attached hydrogens (tertiary/aromatic N) is 2. The van der Waals surface area contributed by atoms with Crippen LogP contribution in [0.1, 0.15) is 46.0 Å². The smallest absolute Gasteiger partial charge is 0.126 e. The summed E-state index contributed by atoms with van der Waals surface area (Å²) < 4.78 is 2.12. The van der Waals surface area contributed by atoms with Gasteiger partial charge in [-0.15, -0.1) is 0 Å². The number of hydrogen-bond donors (Lipinski definition) is 2. The number of hydrogen-bond acceptors (Lipinski definition) is 3. The lowest BCUT2D eigenvalue weighted by Gasteiger charge is -2.27. The van der Waals surface area contributed by atoms with Crippen LogP contribution in [-0.2, 0) is 7.05 Å². The molecule has 0 saturated heterocycles. The van der Waals surface area contributed by atoms with Crippen molar-refractivity contribution in [3.8, 4) is 0 Å². The molecule has 0 aliphatic carbocycles. The quantitative estimate of drug-likeness (QED) is 0.859. The van der Waals surface area contributed by atoms with Crippen molar-refractivity contribution in [1.29, 1.82) is 0 Å². The molecule has 1 aromatic carbocycles. The van der Waals surface area contributed by atoms with E-state index in [1.807, 2.05) is 32.2 Å². The van der Waals surface area contributed by atoms with Crippen molar-refractivity contribution in [2.75, 3.05) is 6.54 Å². The third-order valence-electron chi connectivity index (χ3n) is 3.85. The van der Waals surface area contributed by atoms with E-state index < -0.39 is 5.60 Å². The third-order valence-corrected chi connectivity index (χ3v) is 3.85. The highest BCUT2D eigenvalue weighted by atomic mass is 16.3. The second kappa shape index (κ2) is 6.16. The second-order valence-corrected chi connectivity index (χ2v) is 6.72. The third kappa shape index (κ3) is 3.83. The predicted molar refractivity (Wildman–Crippen MR) is 87.2 cm³/mol. The summed E-state index contributed by atoms with van der Waals surface area (Å²) in [6, 6.07) is 8.23. The van der Waals surface area contributed by atoms with Gasteiger partial charge in [0, 0.05) is 13.6 Å². The fourth-order valence-corrected chi connectivity index (χ4v) is 2.97. The van der Waals surface area contributed by atoms with E-state index in [1.54, 1.807) is 0 Å². The van der Waals surface area contributed by atoms with Crippen molar-refractivity contribution in [3.63, 3.8) is 0 Å². The standard InChI is InChI=1S/C17H27N3O/c1-12(2)10-17(4,21)11-18-13(3)16-19-14-8-6-7-9-15(14)20(16)5/h6-9,12-13,18,21H,10-11H2,1-5H3. The molecule has 0 amide bonds. The fourth-order valence-electron chi connectivity index (χ4n) is 2.97. The zero-order valence-electron chi connectivity index (χ0n) is 13.7. The molecule has 0 saturated carbocycles. The Hall–Kier alpha value is -1.39. The van der Waals surface area contributed by atoms with Crippen molar-refractivity contribution < 1.29 is 5.11 Å². The molecular formula is C17H27N3O. The van der Waals surface area contributed by atoms with Crippen LogP contribution in [0.5, 0.6) is 0 Å². The molecule has 0 bridgehead atoms. The first-order valence-electron chi connectivity index (χ1n) is 7.67. The maximum Gasteiger partial charge on any atom is 0.126 e. The van der Waals surface area contributed by atoms with Crippen LogP contribution >= 0.6 is 0 Å². The number of nitrogens with one attached hydrogen (secondary N) is 1. The van der Waals surface area contributed by atoms with Gasteiger partial charge in [0.05, 0.1) is 22.7 Å². The molecule has 4 heteroatoms. The number of aryl methyl sites for hydroxylation is 1. The Kier molecular flexibility index (Phi) is 4.69. The van der Waals surface area contributed by atoms with E-state index >= 15 is 0 Å². The van der Waals surface area contributed by atoms with Crippen molar-refractivity contribution >= 4 is 11.0 Å². The lowest BCUT2D eigenvalue weighted by atomic mass is 9.94. The monoisotopic (exact) mass is 289 g/mol. The highest BCUT2D eigenvalue weighted by Gasteiger charge is 2.23. The predicted octanol–water partition coefficient (Wildman–Crippen LogP) is 3.02. The molecule has 0 fully saturated rings. The molecule has 0 radical (unpaired) electrons. The summed E-state index contributed by atoms with van der Waals surface area (Å²) in [6.07, 6.45) is 0.787. The molecule has 2 atom stereocenters. The number of benzene rings is 1. The van der Waals surface area contributed by atoms with Gasteiger partial charge in [0.2, 0.25) is 0 Å². The number of aromatic nitrogens is 2. The average Bonchev–Trinajstić information content (AvgIpc) is 2.73. The van der Waals surface area contributed by atoms with Gasteiger partial charge in [-0.2, -0.15) is 0 Å². The van der Waals surface area contributed by atoms with E-state index in [1.165, 1.54) is 0 Å². The zero-order chi connectivity index (χ0) is 15.6. The number of imidazole rings is 1. The number of fused-ring (bicyclic) bond motifs is 1. The van der Waals surface area contributed by atoms with E-state index in [-0.39, 0.29) is 6.04 Å². The summed E-state index contributed by atoms with van der Waals surface area (Å²) in [5, 5.41) is 13.8. The molecule has 116 valence electrons. The summed E-state index contributed by atoms with van der Waals surface area (Å²) in [5.74, 6) is 1.48. The summed E-state index contributed by atoms with van der Waals surface area (Å²) >= 11 is 0. The van der Waals surface area contributed by atoms with Gasteiger partial charge < -0.3 is 15.0 Å². The van der Waals surface area contributed by atoms with Crippen molar-refractivity contribution in [2.45, 2.75) is 45.8 Å². The molecule has 4 nitrogen and oxygen atoms in total. The maximum atomic E-state index is 10.4. The van der Waals surface area contributed by atoms with Gasteiger partial charge in [-0.25, -0.2) is 4.98 Å². The van der Waals surface area contributed by atoms with Crippen molar-refractivity contribution in [3.05, 3.63) is 30.1 Å². The van der Waals surface area contributed by atoms with Crippen molar-refractivity contribution in [1.82, 2.24) is 14.9 Å². The largest absolute Gasteiger partial charge is 0.389 e. The van der Waals surface area contributed by atoms with Gasteiger partial charge in [0.25, 0.3) is 0 Å². The lowest BCUT2D eigenvalue weighted by Crippen LogP contribution is -2.40. The molecule has 2 N–H and O–H groups in total. The fraction of sp³-hybridized carbons (Fsp3) is 0.588. The Morgan fingerprint density at radius 1 is 1.29 bits per heavy atom. The summed E-state index contributed by atoms with van der Waals surface area (Å²) in [7, 11) is 2.04. The van der Waals surface area contributed by atoms with Crippen LogP contribution in [0, 0.1) is 5.92 Å². The Bertz CT molecular complexity index is 601. The topological polar surface area (TPSA) is 50.1 Å². The minimum absolute atomic E-state index is 0.0982. The van der Waals surface area contributed by atoms with Gasteiger partial charge in [0.1, 0.15) is 5.82 Å². The lowest BCUT2D eigenvalue weighted by molar-refractivity contribution is 0.0360. The highest BCUT2D eigenvalue weighted by molar-refractivity contribution is 5.75. The second-order valence-electron chi connectivity index (χ2n) is 6.72. The minimum Gasteiger partial charge on any atom is -0.389 e. The number of aliphatic hydroxyl groups is 1.